The first-order valence-corrected chi connectivity index (χ1v) is 14.6. The van der Waals surface area contributed by atoms with Crippen LogP contribution >= 0.6 is 26.3 Å². The summed E-state index contributed by atoms with van der Waals surface area (Å²) in [5.41, 5.74) is 3.82. The van der Waals surface area contributed by atoms with Gasteiger partial charge in [0.15, 0.2) is 0 Å². The van der Waals surface area contributed by atoms with Gasteiger partial charge in [0.05, 0.1) is 0 Å². The molecule has 0 bridgehead atoms. The first-order valence-electron chi connectivity index (χ1n) is 9.44. The third kappa shape index (κ3) is 3.72. The Labute approximate surface area is 176 Å². The van der Waals surface area contributed by atoms with Crippen molar-refractivity contribution in [2.75, 3.05) is 12.8 Å². The normalized spacial score (nSPS) is 13.1. The molecule has 0 aliphatic heterocycles. The van der Waals surface area contributed by atoms with Crippen molar-refractivity contribution in [1.29, 1.82) is 0 Å². The van der Waals surface area contributed by atoms with Crippen LogP contribution in [0.15, 0.2) is 72.8 Å². The first kappa shape index (κ1) is 20.5. The minimum absolute atomic E-state index is 0.213. The summed E-state index contributed by atoms with van der Waals surface area (Å²) in [5, 5.41) is 13.9. The van der Waals surface area contributed by atoms with Crippen LogP contribution in [-0.2, 0) is 0 Å². The van der Waals surface area contributed by atoms with Crippen molar-refractivity contribution in [3.8, 4) is 0 Å². The molecule has 0 unspecified atom stereocenters. The second-order valence-electron chi connectivity index (χ2n) is 7.49. The molecule has 3 aromatic rings. The number of benzene rings is 3. The van der Waals surface area contributed by atoms with Crippen molar-refractivity contribution in [3.05, 3.63) is 89.5 Å². The van der Waals surface area contributed by atoms with E-state index in [1.807, 2.05) is 0 Å². The quantitative estimate of drug-likeness (QED) is 0.373. The Morgan fingerprint density at radius 1 is 0.630 bits per heavy atom. The van der Waals surface area contributed by atoms with Crippen molar-refractivity contribution >= 4 is 42.2 Å². The maximum absolute atomic E-state index is 9.73. The second-order valence-corrected chi connectivity index (χ2v) is 18.2. The zero-order valence-electron chi connectivity index (χ0n) is 16.3. The molecule has 0 atom stereocenters. The zero-order valence-corrected chi connectivity index (χ0v) is 19.4. The summed E-state index contributed by atoms with van der Waals surface area (Å²) in [5.74, 6) is 0. The molecule has 0 spiro atoms. The summed E-state index contributed by atoms with van der Waals surface area (Å²) in [7, 11) is 0. The molecule has 3 aromatic carbocycles. The van der Waals surface area contributed by atoms with Crippen LogP contribution in [0.25, 0.3) is 0 Å². The molecule has 1 N–H and O–H groups in total. The van der Waals surface area contributed by atoms with Crippen molar-refractivity contribution < 1.29 is 5.11 Å². The molecule has 0 aromatic heterocycles. The third-order valence-electron chi connectivity index (χ3n) is 5.45. The van der Waals surface area contributed by atoms with Gasteiger partial charge in [0.1, 0.15) is 0 Å². The second kappa shape index (κ2) is 8.03. The van der Waals surface area contributed by atoms with Crippen LogP contribution < -0.4 is 15.9 Å². The number of halogens is 1. The summed E-state index contributed by atoms with van der Waals surface area (Å²) >= 11 is 2.78. The van der Waals surface area contributed by atoms with Crippen LogP contribution in [0, 0.1) is 20.8 Å². The topological polar surface area (TPSA) is 20.2 Å². The fraction of sp³-hybridized carbons (Fsp3) is 0.250. The number of rotatable bonds is 6. The van der Waals surface area contributed by atoms with E-state index < -0.39 is 4.25 Å². The van der Waals surface area contributed by atoms with Gasteiger partial charge in [-0.25, -0.2) is 0 Å². The van der Waals surface area contributed by atoms with E-state index in [0.29, 0.717) is 0 Å². The monoisotopic (exact) mass is 490 g/mol. The van der Waals surface area contributed by atoms with Crippen molar-refractivity contribution in [1.82, 2.24) is 0 Å². The van der Waals surface area contributed by atoms with E-state index in [9.17, 15) is 5.11 Å². The Balaban J connectivity index is 2.38. The molecule has 0 aliphatic carbocycles. The molecule has 1 nitrogen and oxygen atoms in total. The molecule has 0 heterocycles. The fourth-order valence-electron chi connectivity index (χ4n) is 3.77. The molecule has 0 saturated heterocycles. The van der Waals surface area contributed by atoms with Gasteiger partial charge >= 0.3 is 177 Å². The van der Waals surface area contributed by atoms with Crippen LogP contribution in [0.1, 0.15) is 23.1 Å². The summed E-state index contributed by atoms with van der Waals surface area (Å²) in [6.07, 6.45) is 1.74. The van der Waals surface area contributed by atoms with Crippen LogP contribution in [0.4, 0.5) is 0 Å². The van der Waals surface area contributed by atoms with Crippen LogP contribution in [0.5, 0.6) is 0 Å². The summed E-state index contributed by atoms with van der Waals surface area (Å²) in [4.78, 5) is 0. The maximum atomic E-state index is 9.73. The molecular weight excluding hydrogens is 462 g/mol. The number of aliphatic hydroxyl groups is 1. The molecule has 0 radical (unpaired) electrons. The predicted molar refractivity (Wildman–Crippen MR) is 130 cm³/mol. The zero-order chi connectivity index (χ0) is 19.5. The molecule has 27 heavy (non-hydrogen) atoms. The third-order valence-corrected chi connectivity index (χ3v) is 17.2. The van der Waals surface area contributed by atoms with Gasteiger partial charge < -0.3 is 0 Å². The van der Waals surface area contributed by atoms with Crippen molar-refractivity contribution in [2.45, 2.75) is 27.2 Å². The van der Waals surface area contributed by atoms with Gasteiger partial charge in [-0.1, -0.05) is 0 Å². The average Bonchev–Trinajstić information content (AvgIpc) is 2.68. The number of aliphatic hydroxyl groups excluding tert-OH is 1. The Hall–Kier alpha value is -1.22. The number of hydrogen-bond donors (Lipinski definition) is 1. The average molecular weight is 490 g/mol. The SMILES string of the molecule is Cc1ccc(P(I)(CCCO)(c2ccc(C)cc2)c2ccc(C)cc2)cc1. The van der Waals surface area contributed by atoms with Gasteiger partial charge in [-0.15, -0.1) is 0 Å². The Morgan fingerprint density at radius 3 is 1.19 bits per heavy atom. The van der Waals surface area contributed by atoms with Gasteiger partial charge in [-0.3, -0.25) is 0 Å². The number of hydrogen-bond acceptors (Lipinski definition) is 1. The molecule has 3 rings (SSSR count). The summed E-state index contributed by atoms with van der Waals surface area (Å²) in [6, 6.07) is 27.1. The Bertz CT molecular complexity index is 785. The standard InChI is InChI=1S/C24H28IOP/c1-19-5-11-22(12-6-19)27(25,18-4-17-26,23-13-7-20(2)8-14-23)24-15-9-21(3)10-16-24/h5-16,26H,4,17-18H2,1-3H3. The van der Waals surface area contributed by atoms with Crippen molar-refractivity contribution in [3.63, 3.8) is 0 Å². The summed E-state index contributed by atoms with van der Waals surface area (Å²) in [6.45, 7) is 6.62. The molecule has 0 saturated carbocycles. The van der Waals surface area contributed by atoms with Crippen LogP contribution in [0.3, 0.4) is 0 Å². The molecule has 0 aliphatic rings. The molecule has 142 valence electrons. The number of aryl methyl sites for hydroxylation is 3. The van der Waals surface area contributed by atoms with E-state index in [-0.39, 0.29) is 6.61 Å². The Kier molecular flexibility index (Phi) is 6.10. The van der Waals surface area contributed by atoms with Gasteiger partial charge in [0, 0.05) is 0 Å². The fourth-order valence-corrected chi connectivity index (χ4v) is 12.4. The van der Waals surface area contributed by atoms with E-state index in [2.05, 4.69) is 116 Å². The van der Waals surface area contributed by atoms with Gasteiger partial charge in [-0.05, 0) is 0 Å². The van der Waals surface area contributed by atoms with Crippen LogP contribution in [0.2, 0.25) is 0 Å². The molecular formula is C24H28IOP. The van der Waals surface area contributed by atoms with E-state index in [1.165, 1.54) is 32.6 Å². The van der Waals surface area contributed by atoms with Crippen LogP contribution in [-0.4, -0.2) is 17.9 Å². The van der Waals surface area contributed by atoms with Gasteiger partial charge in [-0.2, -0.15) is 0 Å². The predicted octanol–water partition coefficient (Wildman–Crippen LogP) is 5.17. The van der Waals surface area contributed by atoms with E-state index >= 15 is 0 Å². The molecule has 0 amide bonds. The minimum atomic E-state index is -2.72. The Morgan fingerprint density at radius 2 is 0.926 bits per heavy atom. The van der Waals surface area contributed by atoms with E-state index in [4.69, 9.17) is 0 Å². The van der Waals surface area contributed by atoms with Gasteiger partial charge in [0.25, 0.3) is 0 Å². The van der Waals surface area contributed by atoms with E-state index in [1.54, 1.807) is 0 Å². The van der Waals surface area contributed by atoms with Gasteiger partial charge in [0.2, 0.25) is 0 Å². The first-order chi connectivity index (χ1) is 12.9. The van der Waals surface area contributed by atoms with E-state index in [0.717, 1.165) is 12.6 Å². The molecule has 3 heteroatoms. The van der Waals surface area contributed by atoms with Crippen molar-refractivity contribution in [2.24, 2.45) is 0 Å². The summed E-state index contributed by atoms with van der Waals surface area (Å²) < 4.78 is -2.72. The molecule has 0 fully saturated rings.